The molecule has 106 valence electrons. The molecule has 0 N–H and O–H groups in total. The van der Waals surface area contributed by atoms with Crippen LogP contribution in [-0.2, 0) is 4.79 Å². The lowest BCUT2D eigenvalue weighted by Crippen LogP contribution is -2.11. The first-order valence-electron chi connectivity index (χ1n) is 6.62. The number of ketones is 1. The Morgan fingerprint density at radius 1 is 1.16 bits per heavy atom. The lowest BCUT2D eigenvalue weighted by atomic mass is 10.1. The summed E-state index contributed by atoms with van der Waals surface area (Å²) in [6, 6.07) is 0. The van der Waals surface area contributed by atoms with Crippen LogP contribution in [0.15, 0.2) is 5.03 Å². The molecule has 1 unspecified atom stereocenters. The summed E-state index contributed by atoms with van der Waals surface area (Å²) in [7, 11) is 3.44. The molecule has 1 aromatic heterocycles. The van der Waals surface area contributed by atoms with Crippen LogP contribution in [0.25, 0.3) is 0 Å². The second-order valence-electron chi connectivity index (χ2n) is 4.96. The molecule has 0 amide bonds. The van der Waals surface area contributed by atoms with Crippen LogP contribution in [0.1, 0.15) is 42.7 Å². The summed E-state index contributed by atoms with van der Waals surface area (Å²) in [5.41, 5.74) is 4.97. The highest BCUT2D eigenvalue weighted by Crippen LogP contribution is 2.35. The molecule has 0 saturated carbocycles. The van der Waals surface area contributed by atoms with Crippen LogP contribution in [0, 0.1) is 33.6 Å². The fourth-order valence-corrected chi connectivity index (χ4v) is 4.59. The van der Waals surface area contributed by atoms with Gasteiger partial charge in [0.05, 0.1) is 0 Å². The number of pyridine rings is 1. The second-order valence-corrected chi connectivity index (χ2v) is 7.29. The average Bonchev–Trinajstić information content (AvgIpc) is 2.37. The number of carbonyl (C=O) groups excluding carboxylic acids is 1. The van der Waals surface area contributed by atoms with Gasteiger partial charge in [0.1, 0.15) is 10.8 Å². The van der Waals surface area contributed by atoms with E-state index in [0.717, 1.165) is 22.9 Å². The number of hydrogen-bond donors (Lipinski definition) is 0. The van der Waals surface area contributed by atoms with Crippen molar-refractivity contribution >= 4 is 27.4 Å². The maximum atomic E-state index is 11.4. The van der Waals surface area contributed by atoms with Crippen molar-refractivity contribution in [2.45, 2.75) is 53.0 Å². The maximum Gasteiger partial charge on any atom is 0.133 e. The van der Waals surface area contributed by atoms with Gasteiger partial charge in [-0.15, -0.1) is 0 Å². The summed E-state index contributed by atoms with van der Waals surface area (Å²) >= 11 is 0. The Kier molecular flexibility index (Phi) is 6.40. The number of aromatic nitrogens is 1. The third-order valence-corrected chi connectivity index (χ3v) is 6.18. The Bertz CT molecular complexity index is 472. The van der Waals surface area contributed by atoms with Crippen LogP contribution in [0.2, 0.25) is 0 Å². The van der Waals surface area contributed by atoms with Crippen LogP contribution < -0.4 is 0 Å². The van der Waals surface area contributed by atoms with Gasteiger partial charge in [0.2, 0.25) is 0 Å². The van der Waals surface area contributed by atoms with E-state index < -0.39 is 0 Å². The number of nitrogens with zero attached hydrogens (tertiary/aromatic N) is 1. The molecule has 1 aromatic rings. The molecule has 0 saturated heterocycles. The van der Waals surface area contributed by atoms with Gasteiger partial charge in [-0.2, -0.15) is 0 Å². The number of Topliss-reactive ketones (excluding diaryl/α,β-unsaturated/α-hetero) is 1. The van der Waals surface area contributed by atoms with Gasteiger partial charge in [0.15, 0.2) is 0 Å². The molecule has 19 heavy (non-hydrogen) atoms. The van der Waals surface area contributed by atoms with Crippen molar-refractivity contribution in [3.63, 3.8) is 0 Å². The molecular weight excluding hydrogens is 274 g/mol. The van der Waals surface area contributed by atoms with Gasteiger partial charge in [0, 0.05) is 17.4 Å². The largest absolute Gasteiger partial charge is 0.300 e. The van der Waals surface area contributed by atoms with Crippen molar-refractivity contribution in [1.29, 1.82) is 0 Å². The minimum atomic E-state index is 0.172. The summed E-state index contributed by atoms with van der Waals surface area (Å²) in [5.74, 6) is 1.32. The Morgan fingerprint density at radius 3 is 2.32 bits per heavy atom. The van der Waals surface area contributed by atoms with E-state index in [1.165, 1.54) is 16.7 Å². The number of hydrogen-bond acceptors (Lipinski definition) is 4. The Morgan fingerprint density at radius 2 is 1.79 bits per heavy atom. The van der Waals surface area contributed by atoms with E-state index in [2.05, 4.69) is 39.6 Å². The molecule has 0 aliphatic rings. The minimum absolute atomic E-state index is 0.172. The van der Waals surface area contributed by atoms with Crippen molar-refractivity contribution in [3.8, 4) is 0 Å². The van der Waals surface area contributed by atoms with Gasteiger partial charge in [0.25, 0.3) is 0 Å². The first-order chi connectivity index (χ1) is 8.88. The molecule has 0 fully saturated rings. The van der Waals surface area contributed by atoms with E-state index in [4.69, 9.17) is 0 Å². The Balaban J connectivity index is 2.71. The zero-order valence-corrected chi connectivity index (χ0v) is 14.3. The predicted octanol–water partition coefficient (Wildman–Crippen LogP) is 4.67. The number of aryl methyl sites for hydroxylation is 1. The topological polar surface area (TPSA) is 30.0 Å². The van der Waals surface area contributed by atoms with Crippen molar-refractivity contribution in [2.24, 2.45) is 5.92 Å². The van der Waals surface area contributed by atoms with Gasteiger partial charge < -0.3 is 0 Å². The summed E-state index contributed by atoms with van der Waals surface area (Å²) in [6.07, 6.45) is 0.918. The van der Waals surface area contributed by atoms with Crippen molar-refractivity contribution < 1.29 is 4.79 Å². The van der Waals surface area contributed by atoms with Gasteiger partial charge in [-0.1, -0.05) is 17.7 Å². The molecule has 1 heterocycles. The van der Waals surface area contributed by atoms with Crippen molar-refractivity contribution in [1.82, 2.24) is 4.98 Å². The highest BCUT2D eigenvalue weighted by atomic mass is 33.1. The van der Waals surface area contributed by atoms with Gasteiger partial charge in [-0.25, -0.2) is 4.98 Å². The molecule has 1 rings (SSSR count). The lowest BCUT2D eigenvalue weighted by Gasteiger charge is -2.13. The molecular formula is C15H23NOS2. The van der Waals surface area contributed by atoms with Crippen molar-refractivity contribution in [3.05, 3.63) is 22.4 Å². The third-order valence-electron chi connectivity index (χ3n) is 3.73. The molecule has 2 nitrogen and oxygen atoms in total. The zero-order chi connectivity index (χ0) is 14.6. The fraction of sp³-hybridized carbons (Fsp3) is 0.600. The molecule has 4 heteroatoms. The van der Waals surface area contributed by atoms with Crippen LogP contribution in [0.5, 0.6) is 0 Å². The SMILES string of the molecule is CCC(CSSc1nc(C)c(C)c(C)c1C)C(C)=O. The molecule has 0 radical (unpaired) electrons. The molecule has 0 spiro atoms. The second kappa shape index (κ2) is 7.34. The monoisotopic (exact) mass is 297 g/mol. The standard InChI is InChI=1S/C15H23NOS2/c1-7-14(13(6)17)8-18-19-15-11(4)9(2)10(3)12(5)16-15/h14H,7-8H2,1-6H3. The fourth-order valence-electron chi connectivity index (χ4n) is 1.81. The smallest absolute Gasteiger partial charge is 0.133 e. The molecule has 0 bridgehead atoms. The molecule has 0 aliphatic heterocycles. The third kappa shape index (κ3) is 4.25. The lowest BCUT2D eigenvalue weighted by molar-refractivity contribution is -0.120. The van der Waals surface area contributed by atoms with E-state index in [1.807, 2.05) is 0 Å². The Labute approximate surface area is 124 Å². The van der Waals surface area contributed by atoms with E-state index in [0.29, 0.717) is 0 Å². The van der Waals surface area contributed by atoms with E-state index in [9.17, 15) is 4.79 Å². The van der Waals surface area contributed by atoms with Gasteiger partial charge in [-0.05, 0) is 68.5 Å². The highest BCUT2D eigenvalue weighted by Gasteiger charge is 2.14. The van der Waals surface area contributed by atoms with E-state index in [1.54, 1.807) is 28.5 Å². The van der Waals surface area contributed by atoms with Crippen LogP contribution >= 0.6 is 21.6 Å². The average molecular weight is 297 g/mol. The molecule has 0 aromatic carbocycles. The van der Waals surface area contributed by atoms with Gasteiger partial charge >= 0.3 is 0 Å². The van der Waals surface area contributed by atoms with Crippen LogP contribution in [0.4, 0.5) is 0 Å². The predicted molar refractivity (Wildman–Crippen MR) is 86.0 cm³/mol. The van der Waals surface area contributed by atoms with Crippen LogP contribution in [-0.4, -0.2) is 16.5 Å². The first-order valence-corrected chi connectivity index (χ1v) is 8.94. The van der Waals surface area contributed by atoms with Crippen LogP contribution in [0.3, 0.4) is 0 Å². The van der Waals surface area contributed by atoms with E-state index in [-0.39, 0.29) is 11.7 Å². The van der Waals surface area contributed by atoms with Crippen molar-refractivity contribution in [2.75, 3.05) is 5.75 Å². The van der Waals surface area contributed by atoms with E-state index >= 15 is 0 Å². The maximum absolute atomic E-state index is 11.4. The number of carbonyl (C=O) groups is 1. The first kappa shape index (κ1) is 16.6. The zero-order valence-electron chi connectivity index (χ0n) is 12.7. The Hall–Kier alpha value is -0.480. The quantitative estimate of drug-likeness (QED) is 0.714. The summed E-state index contributed by atoms with van der Waals surface area (Å²) in [6.45, 7) is 12.2. The molecule has 0 aliphatic carbocycles. The highest BCUT2D eigenvalue weighted by molar-refractivity contribution is 8.76. The normalized spacial score (nSPS) is 12.5. The summed E-state index contributed by atoms with van der Waals surface area (Å²) in [5, 5.41) is 1.09. The number of rotatable bonds is 6. The minimum Gasteiger partial charge on any atom is -0.300 e. The summed E-state index contributed by atoms with van der Waals surface area (Å²) in [4.78, 5) is 16.1. The summed E-state index contributed by atoms with van der Waals surface area (Å²) < 4.78 is 0. The molecule has 1 atom stereocenters. The van der Waals surface area contributed by atoms with Gasteiger partial charge in [-0.3, -0.25) is 4.79 Å².